The number of nitrogens with zero attached hydrogens (tertiary/aromatic N) is 3. The summed E-state index contributed by atoms with van der Waals surface area (Å²) in [5.74, 6) is -0.239. The van der Waals surface area contributed by atoms with Crippen LogP contribution in [0.2, 0.25) is 5.02 Å². The van der Waals surface area contributed by atoms with Crippen molar-refractivity contribution in [3.05, 3.63) is 82.1 Å². The Morgan fingerprint density at radius 2 is 1.84 bits per heavy atom. The topological polar surface area (TPSA) is 92.3 Å². The van der Waals surface area contributed by atoms with Crippen LogP contribution in [0.4, 0.5) is 5.95 Å². The first-order chi connectivity index (χ1) is 15.4. The molecule has 0 bridgehead atoms. The van der Waals surface area contributed by atoms with Gasteiger partial charge in [-0.25, -0.2) is 23.1 Å². The lowest BCUT2D eigenvalue weighted by Crippen LogP contribution is -2.34. The summed E-state index contributed by atoms with van der Waals surface area (Å²) in [6, 6.07) is 14.2. The Kier molecular flexibility index (Phi) is 6.43. The lowest BCUT2D eigenvalue weighted by atomic mass is 10.0. The van der Waals surface area contributed by atoms with Crippen molar-refractivity contribution in [3.63, 3.8) is 0 Å². The van der Waals surface area contributed by atoms with Crippen LogP contribution in [0, 0.1) is 0 Å². The van der Waals surface area contributed by atoms with Gasteiger partial charge in [-0.3, -0.25) is 4.79 Å². The van der Waals surface area contributed by atoms with Crippen molar-refractivity contribution in [2.24, 2.45) is 0 Å². The molecule has 9 heteroatoms. The Morgan fingerprint density at radius 3 is 2.59 bits per heavy atom. The molecule has 1 aliphatic heterocycles. The Bertz CT molecular complexity index is 1260. The molecular weight excluding hydrogens is 448 g/mol. The minimum atomic E-state index is -4.13. The number of anilines is 1. The molecule has 0 saturated heterocycles. The molecule has 0 spiro atoms. The second kappa shape index (κ2) is 9.26. The number of carbonyl (C=O) groups is 1. The van der Waals surface area contributed by atoms with Gasteiger partial charge in [0.2, 0.25) is 5.95 Å². The number of aromatic nitrogens is 2. The number of fused-ring (bicyclic) bond motifs is 1. The minimum Gasteiger partial charge on any atom is -0.336 e. The SMILES string of the molecule is CCCc1nc(N2CCc3ccccc3C2)ncc1C(=O)NS(=O)(=O)c1ccccc1Cl. The summed E-state index contributed by atoms with van der Waals surface area (Å²) >= 11 is 6.00. The van der Waals surface area contributed by atoms with Gasteiger partial charge >= 0.3 is 0 Å². The van der Waals surface area contributed by atoms with Gasteiger partial charge in [-0.05, 0) is 36.1 Å². The molecule has 7 nitrogen and oxygen atoms in total. The summed E-state index contributed by atoms with van der Waals surface area (Å²) in [5, 5.41) is 0.0403. The summed E-state index contributed by atoms with van der Waals surface area (Å²) in [4.78, 5) is 23.8. The molecule has 166 valence electrons. The Balaban J connectivity index is 1.59. The van der Waals surface area contributed by atoms with E-state index in [2.05, 4.69) is 31.7 Å². The Labute approximate surface area is 192 Å². The highest BCUT2D eigenvalue weighted by Gasteiger charge is 2.25. The van der Waals surface area contributed by atoms with Crippen LogP contribution in [-0.4, -0.2) is 30.8 Å². The zero-order valence-electron chi connectivity index (χ0n) is 17.6. The van der Waals surface area contributed by atoms with Crippen molar-refractivity contribution < 1.29 is 13.2 Å². The number of benzene rings is 2. The van der Waals surface area contributed by atoms with E-state index in [0.29, 0.717) is 24.6 Å². The molecule has 0 aliphatic carbocycles. The molecule has 0 saturated carbocycles. The second-order valence-electron chi connectivity index (χ2n) is 7.59. The number of nitrogens with one attached hydrogen (secondary N) is 1. The fourth-order valence-corrected chi connectivity index (χ4v) is 5.22. The number of carbonyl (C=O) groups excluding carboxylic acids is 1. The minimum absolute atomic E-state index is 0.0403. The zero-order chi connectivity index (χ0) is 22.7. The molecular formula is C23H23ClN4O3S. The van der Waals surface area contributed by atoms with E-state index >= 15 is 0 Å². The van der Waals surface area contributed by atoms with Gasteiger partial charge in [-0.1, -0.05) is 61.3 Å². The number of hydrogen-bond acceptors (Lipinski definition) is 6. The number of rotatable bonds is 6. The molecule has 2 aromatic carbocycles. The van der Waals surface area contributed by atoms with E-state index in [9.17, 15) is 13.2 Å². The van der Waals surface area contributed by atoms with Crippen LogP contribution < -0.4 is 9.62 Å². The molecule has 0 unspecified atom stereocenters. The predicted octanol–water partition coefficient (Wildman–Crippen LogP) is 3.76. The maximum Gasteiger partial charge on any atom is 0.268 e. The summed E-state index contributed by atoms with van der Waals surface area (Å²) in [7, 11) is -4.13. The van der Waals surface area contributed by atoms with E-state index in [1.54, 1.807) is 12.1 Å². The zero-order valence-corrected chi connectivity index (χ0v) is 19.2. The number of hydrogen-bond donors (Lipinski definition) is 1. The average molecular weight is 471 g/mol. The van der Waals surface area contributed by atoms with Crippen LogP contribution in [0.5, 0.6) is 0 Å². The fraction of sp³-hybridized carbons (Fsp3) is 0.261. The molecule has 32 heavy (non-hydrogen) atoms. The quantitative estimate of drug-likeness (QED) is 0.589. The summed E-state index contributed by atoms with van der Waals surface area (Å²) in [5.41, 5.74) is 3.21. The molecule has 3 aromatic rings. The van der Waals surface area contributed by atoms with E-state index in [1.165, 1.54) is 29.5 Å². The van der Waals surface area contributed by atoms with Crippen LogP contribution in [0.15, 0.2) is 59.6 Å². The highest BCUT2D eigenvalue weighted by Crippen LogP contribution is 2.24. The van der Waals surface area contributed by atoms with Gasteiger partial charge in [0.15, 0.2) is 0 Å². The molecule has 1 aliphatic rings. The molecule has 1 amide bonds. The Hall–Kier alpha value is -2.97. The van der Waals surface area contributed by atoms with E-state index < -0.39 is 15.9 Å². The van der Waals surface area contributed by atoms with Crippen molar-refractivity contribution >= 4 is 33.5 Å². The average Bonchev–Trinajstić information content (AvgIpc) is 2.78. The molecule has 0 atom stereocenters. The van der Waals surface area contributed by atoms with E-state index in [-0.39, 0.29) is 15.5 Å². The molecule has 2 heterocycles. The van der Waals surface area contributed by atoms with Crippen molar-refractivity contribution in [1.82, 2.24) is 14.7 Å². The lowest BCUT2D eigenvalue weighted by Gasteiger charge is -2.29. The van der Waals surface area contributed by atoms with Crippen molar-refractivity contribution in [3.8, 4) is 0 Å². The van der Waals surface area contributed by atoms with Gasteiger partial charge in [0.05, 0.1) is 16.3 Å². The number of amides is 1. The van der Waals surface area contributed by atoms with Crippen molar-refractivity contribution in [2.45, 2.75) is 37.6 Å². The maximum atomic E-state index is 12.9. The van der Waals surface area contributed by atoms with Crippen molar-refractivity contribution in [2.75, 3.05) is 11.4 Å². The number of sulfonamides is 1. The van der Waals surface area contributed by atoms with Crippen LogP contribution in [0.3, 0.4) is 0 Å². The van der Waals surface area contributed by atoms with E-state index in [0.717, 1.165) is 19.4 Å². The van der Waals surface area contributed by atoms with Gasteiger partial charge in [-0.15, -0.1) is 0 Å². The van der Waals surface area contributed by atoms with Crippen LogP contribution in [0.1, 0.15) is 40.5 Å². The molecule has 0 radical (unpaired) electrons. The molecule has 1 aromatic heterocycles. The largest absolute Gasteiger partial charge is 0.336 e. The van der Waals surface area contributed by atoms with Crippen LogP contribution >= 0.6 is 11.6 Å². The third kappa shape index (κ3) is 4.61. The molecule has 1 N–H and O–H groups in total. The van der Waals surface area contributed by atoms with Gasteiger partial charge in [0, 0.05) is 19.3 Å². The lowest BCUT2D eigenvalue weighted by molar-refractivity contribution is 0.0979. The highest BCUT2D eigenvalue weighted by molar-refractivity contribution is 7.90. The summed E-state index contributed by atoms with van der Waals surface area (Å²) in [6.45, 7) is 3.43. The van der Waals surface area contributed by atoms with Crippen LogP contribution in [-0.2, 0) is 29.4 Å². The van der Waals surface area contributed by atoms with E-state index in [1.807, 2.05) is 19.1 Å². The van der Waals surface area contributed by atoms with Crippen LogP contribution in [0.25, 0.3) is 0 Å². The highest BCUT2D eigenvalue weighted by atomic mass is 35.5. The molecule has 4 rings (SSSR count). The monoisotopic (exact) mass is 470 g/mol. The van der Waals surface area contributed by atoms with Gasteiger partial charge in [0.1, 0.15) is 4.90 Å². The number of aryl methyl sites for hydroxylation is 1. The second-order valence-corrected chi connectivity index (χ2v) is 9.64. The third-order valence-electron chi connectivity index (χ3n) is 5.35. The Morgan fingerprint density at radius 1 is 1.12 bits per heavy atom. The summed E-state index contributed by atoms with van der Waals surface area (Å²) in [6.07, 6.45) is 3.57. The first-order valence-electron chi connectivity index (χ1n) is 10.4. The van der Waals surface area contributed by atoms with Gasteiger partial charge in [-0.2, -0.15) is 0 Å². The standard InChI is InChI=1S/C23H23ClN4O3S/c1-2-7-20-18(22(29)27-32(30,31)21-11-6-5-10-19(21)24)14-25-23(26-20)28-13-12-16-8-3-4-9-17(16)15-28/h3-6,8-11,14H,2,7,12-13,15H2,1H3,(H,27,29). The smallest absolute Gasteiger partial charge is 0.268 e. The number of halogens is 1. The fourth-order valence-electron chi connectivity index (χ4n) is 3.74. The first-order valence-corrected chi connectivity index (χ1v) is 12.2. The summed E-state index contributed by atoms with van der Waals surface area (Å²) < 4.78 is 27.4. The predicted molar refractivity (Wildman–Crippen MR) is 123 cm³/mol. The normalized spacial score (nSPS) is 13.5. The molecule has 0 fully saturated rings. The van der Waals surface area contributed by atoms with Gasteiger partial charge in [0.25, 0.3) is 15.9 Å². The maximum absolute atomic E-state index is 12.9. The van der Waals surface area contributed by atoms with E-state index in [4.69, 9.17) is 11.6 Å². The van der Waals surface area contributed by atoms with Crippen molar-refractivity contribution in [1.29, 1.82) is 0 Å². The van der Waals surface area contributed by atoms with Gasteiger partial charge < -0.3 is 4.90 Å². The first kappa shape index (κ1) is 22.2. The third-order valence-corrected chi connectivity index (χ3v) is 7.18.